The molecule has 3 aromatic carbocycles. The summed E-state index contributed by atoms with van der Waals surface area (Å²) < 4.78 is 12.2. The minimum atomic E-state index is -0.260. The standard InChI is InChI=1S/C23H21BrCl2N2O3/c1-2-30-21-11-15(13-27-20-9-8-16(25)12-19(20)26)10-18(24)23(21)31-14-22(29)28-17-6-4-3-5-7-17/h3-12,27H,2,13-14H2,1H3,(H,28,29). The van der Waals surface area contributed by atoms with Crippen LogP contribution in [0, 0.1) is 0 Å². The molecule has 2 N–H and O–H groups in total. The second-order valence-corrected chi connectivity index (χ2v) is 8.22. The summed E-state index contributed by atoms with van der Waals surface area (Å²) in [6, 6.07) is 18.3. The van der Waals surface area contributed by atoms with E-state index in [4.69, 9.17) is 32.7 Å². The highest BCUT2D eigenvalue weighted by Gasteiger charge is 2.15. The smallest absolute Gasteiger partial charge is 0.262 e. The van der Waals surface area contributed by atoms with Crippen LogP contribution in [0.4, 0.5) is 11.4 Å². The Morgan fingerprint density at radius 2 is 1.81 bits per heavy atom. The number of ether oxygens (including phenoxy) is 2. The molecule has 8 heteroatoms. The van der Waals surface area contributed by atoms with Gasteiger partial charge in [0.15, 0.2) is 18.1 Å². The van der Waals surface area contributed by atoms with E-state index < -0.39 is 0 Å². The van der Waals surface area contributed by atoms with Crippen molar-refractivity contribution in [3.63, 3.8) is 0 Å². The summed E-state index contributed by atoms with van der Waals surface area (Å²) in [7, 11) is 0. The molecule has 0 unspecified atom stereocenters. The van der Waals surface area contributed by atoms with Crippen LogP contribution < -0.4 is 20.1 Å². The van der Waals surface area contributed by atoms with Crippen molar-refractivity contribution in [2.75, 3.05) is 23.8 Å². The molecule has 0 aliphatic heterocycles. The maximum absolute atomic E-state index is 12.2. The number of hydrogen-bond acceptors (Lipinski definition) is 4. The highest BCUT2D eigenvalue weighted by molar-refractivity contribution is 9.10. The molecule has 31 heavy (non-hydrogen) atoms. The van der Waals surface area contributed by atoms with E-state index in [2.05, 4.69) is 26.6 Å². The molecule has 0 radical (unpaired) electrons. The van der Waals surface area contributed by atoms with Gasteiger partial charge in [-0.3, -0.25) is 4.79 Å². The number of para-hydroxylation sites is 1. The molecule has 0 saturated heterocycles. The average Bonchev–Trinajstić information content (AvgIpc) is 2.73. The Labute approximate surface area is 199 Å². The fourth-order valence-electron chi connectivity index (χ4n) is 2.81. The quantitative estimate of drug-likeness (QED) is 0.324. The van der Waals surface area contributed by atoms with Gasteiger partial charge >= 0.3 is 0 Å². The number of benzene rings is 3. The van der Waals surface area contributed by atoms with E-state index in [9.17, 15) is 4.79 Å². The SMILES string of the molecule is CCOc1cc(CNc2ccc(Cl)cc2Cl)cc(Br)c1OCC(=O)Nc1ccccc1. The lowest BCUT2D eigenvalue weighted by atomic mass is 10.2. The van der Waals surface area contributed by atoms with Gasteiger partial charge in [0, 0.05) is 17.3 Å². The first-order valence-electron chi connectivity index (χ1n) is 9.58. The van der Waals surface area contributed by atoms with Crippen molar-refractivity contribution >= 4 is 56.4 Å². The zero-order valence-corrected chi connectivity index (χ0v) is 19.9. The van der Waals surface area contributed by atoms with Crippen molar-refractivity contribution in [3.8, 4) is 11.5 Å². The minimum Gasteiger partial charge on any atom is -0.490 e. The third-order valence-electron chi connectivity index (χ3n) is 4.19. The Balaban J connectivity index is 1.68. The summed E-state index contributed by atoms with van der Waals surface area (Å²) in [4.78, 5) is 12.2. The number of hydrogen-bond donors (Lipinski definition) is 2. The highest BCUT2D eigenvalue weighted by Crippen LogP contribution is 2.37. The highest BCUT2D eigenvalue weighted by atomic mass is 79.9. The van der Waals surface area contributed by atoms with Gasteiger partial charge in [-0.1, -0.05) is 41.4 Å². The Morgan fingerprint density at radius 3 is 2.52 bits per heavy atom. The van der Waals surface area contributed by atoms with Crippen molar-refractivity contribution < 1.29 is 14.3 Å². The first-order chi connectivity index (χ1) is 15.0. The zero-order valence-electron chi connectivity index (χ0n) is 16.8. The van der Waals surface area contributed by atoms with Gasteiger partial charge in [-0.15, -0.1) is 0 Å². The number of carbonyl (C=O) groups excluding carboxylic acids is 1. The van der Waals surface area contributed by atoms with Crippen LogP contribution in [0.15, 0.2) is 65.1 Å². The van der Waals surface area contributed by atoms with Crippen LogP contribution in [0.2, 0.25) is 10.0 Å². The van der Waals surface area contributed by atoms with E-state index in [1.807, 2.05) is 55.5 Å². The van der Waals surface area contributed by atoms with Gasteiger partial charge in [-0.05, 0) is 70.9 Å². The van der Waals surface area contributed by atoms with Crippen molar-refractivity contribution in [3.05, 3.63) is 80.7 Å². The summed E-state index contributed by atoms with van der Waals surface area (Å²) in [6.45, 7) is 2.71. The normalized spacial score (nSPS) is 10.5. The monoisotopic (exact) mass is 522 g/mol. The number of anilines is 2. The van der Waals surface area contributed by atoms with E-state index in [1.54, 1.807) is 12.1 Å². The molecule has 3 rings (SSSR count). The van der Waals surface area contributed by atoms with E-state index in [-0.39, 0.29) is 12.5 Å². The Bertz CT molecular complexity index is 1050. The summed E-state index contributed by atoms with van der Waals surface area (Å²) >= 11 is 15.7. The maximum Gasteiger partial charge on any atom is 0.262 e. The molecule has 1 amide bonds. The van der Waals surface area contributed by atoms with Crippen LogP contribution in [-0.2, 0) is 11.3 Å². The van der Waals surface area contributed by atoms with Crippen LogP contribution >= 0.6 is 39.1 Å². The average molecular weight is 524 g/mol. The first-order valence-corrected chi connectivity index (χ1v) is 11.1. The Kier molecular flexibility index (Phi) is 8.46. The molecule has 162 valence electrons. The van der Waals surface area contributed by atoms with Crippen LogP contribution in [0.3, 0.4) is 0 Å². The predicted molar refractivity (Wildman–Crippen MR) is 130 cm³/mol. The van der Waals surface area contributed by atoms with Gasteiger partial charge in [0.2, 0.25) is 0 Å². The molecular formula is C23H21BrCl2N2O3. The number of amides is 1. The first kappa shape index (κ1) is 23.3. The minimum absolute atomic E-state index is 0.147. The second-order valence-electron chi connectivity index (χ2n) is 6.52. The van der Waals surface area contributed by atoms with Crippen LogP contribution in [-0.4, -0.2) is 19.1 Å². The Hall–Kier alpha value is -2.41. The van der Waals surface area contributed by atoms with Crippen LogP contribution in [0.5, 0.6) is 11.5 Å². The van der Waals surface area contributed by atoms with Crippen molar-refractivity contribution in [1.82, 2.24) is 0 Å². The third-order valence-corrected chi connectivity index (χ3v) is 5.33. The molecule has 3 aromatic rings. The van der Waals surface area contributed by atoms with Crippen LogP contribution in [0.25, 0.3) is 0 Å². The molecule has 5 nitrogen and oxygen atoms in total. The molecule has 0 heterocycles. The molecule has 0 aliphatic carbocycles. The number of rotatable bonds is 9. The fraction of sp³-hybridized carbons (Fsp3) is 0.174. The molecule has 0 saturated carbocycles. The largest absolute Gasteiger partial charge is 0.490 e. The van der Waals surface area contributed by atoms with E-state index in [0.29, 0.717) is 44.9 Å². The summed E-state index contributed by atoms with van der Waals surface area (Å²) in [5, 5.41) is 7.19. The van der Waals surface area contributed by atoms with Gasteiger partial charge in [0.05, 0.1) is 21.8 Å². The molecular weight excluding hydrogens is 503 g/mol. The van der Waals surface area contributed by atoms with Crippen molar-refractivity contribution in [1.29, 1.82) is 0 Å². The topological polar surface area (TPSA) is 59.6 Å². The lowest BCUT2D eigenvalue weighted by molar-refractivity contribution is -0.118. The van der Waals surface area contributed by atoms with Crippen molar-refractivity contribution in [2.24, 2.45) is 0 Å². The molecule has 0 fully saturated rings. The summed E-state index contributed by atoms with van der Waals surface area (Å²) in [5.41, 5.74) is 2.43. The lowest BCUT2D eigenvalue weighted by Crippen LogP contribution is -2.20. The van der Waals surface area contributed by atoms with Crippen molar-refractivity contribution in [2.45, 2.75) is 13.5 Å². The zero-order chi connectivity index (χ0) is 22.2. The van der Waals surface area contributed by atoms with Gasteiger partial charge in [0.1, 0.15) is 0 Å². The molecule has 0 spiro atoms. The number of nitrogens with one attached hydrogen (secondary N) is 2. The lowest BCUT2D eigenvalue weighted by Gasteiger charge is -2.16. The molecule has 0 aromatic heterocycles. The summed E-state index contributed by atoms with van der Waals surface area (Å²) in [5.74, 6) is 0.755. The second kappa shape index (κ2) is 11.3. The molecule has 0 aliphatic rings. The van der Waals surface area contributed by atoms with E-state index in [0.717, 1.165) is 11.3 Å². The van der Waals surface area contributed by atoms with E-state index in [1.165, 1.54) is 0 Å². The third kappa shape index (κ3) is 6.79. The van der Waals surface area contributed by atoms with E-state index >= 15 is 0 Å². The summed E-state index contributed by atoms with van der Waals surface area (Å²) in [6.07, 6.45) is 0. The van der Waals surface area contributed by atoms with Gasteiger partial charge in [-0.25, -0.2) is 0 Å². The molecule has 0 atom stereocenters. The van der Waals surface area contributed by atoms with Gasteiger partial charge in [0.25, 0.3) is 5.91 Å². The maximum atomic E-state index is 12.2. The number of halogens is 3. The predicted octanol–water partition coefficient (Wildman–Crippen LogP) is 6.78. The van der Waals surface area contributed by atoms with Gasteiger partial charge < -0.3 is 20.1 Å². The fourth-order valence-corrected chi connectivity index (χ4v) is 3.89. The molecule has 0 bridgehead atoms. The van der Waals surface area contributed by atoms with Gasteiger partial charge in [-0.2, -0.15) is 0 Å². The number of carbonyl (C=O) groups is 1. The van der Waals surface area contributed by atoms with Crippen LogP contribution in [0.1, 0.15) is 12.5 Å². The Morgan fingerprint density at radius 1 is 1.03 bits per heavy atom.